The van der Waals surface area contributed by atoms with E-state index in [1.807, 2.05) is 24.3 Å². The summed E-state index contributed by atoms with van der Waals surface area (Å²) in [5, 5.41) is 5.18. The minimum absolute atomic E-state index is 0.0397. The van der Waals surface area contributed by atoms with Gasteiger partial charge in [0.05, 0.1) is 32.7 Å². The van der Waals surface area contributed by atoms with Crippen molar-refractivity contribution in [3.05, 3.63) is 59.7 Å². The number of rotatable bonds is 9. The molecule has 28 heavy (non-hydrogen) atoms. The van der Waals surface area contributed by atoms with Gasteiger partial charge in [0.2, 0.25) is 5.91 Å². The van der Waals surface area contributed by atoms with Crippen LogP contribution in [0.4, 0.5) is 5.69 Å². The summed E-state index contributed by atoms with van der Waals surface area (Å²) in [6, 6.07) is 16.6. The third-order valence-electron chi connectivity index (χ3n) is 5.42. The van der Waals surface area contributed by atoms with Crippen LogP contribution >= 0.6 is 0 Å². The lowest BCUT2D eigenvalue weighted by Crippen LogP contribution is -3.08. The Balaban J connectivity index is 1.39. The van der Waals surface area contributed by atoms with E-state index in [2.05, 4.69) is 41.8 Å². The minimum atomic E-state index is 0.0397. The predicted octanol–water partition coefficient (Wildman–Crippen LogP) is 1.35. The van der Waals surface area contributed by atoms with Crippen LogP contribution in [0.3, 0.4) is 0 Å². The highest BCUT2D eigenvalue weighted by molar-refractivity contribution is 5.90. The molecule has 0 unspecified atom stereocenters. The van der Waals surface area contributed by atoms with Gasteiger partial charge in [-0.2, -0.15) is 0 Å². The number of carbonyl (C=O) groups excluding carboxylic acids is 1. The molecule has 2 aromatic rings. The summed E-state index contributed by atoms with van der Waals surface area (Å²) in [6.07, 6.45) is 3.22. The molecule has 1 aliphatic rings. The number of amides is 1. The van der Waals surface area contributed by atoms with Gasteiger partial charge in [0.15, 0.2) is 0 Å². The second-order valence-corrected chi connectivity index (χ2v) is 7.85. The lowest BCUT2D eigenvalue weighted by molar-refractivity contribution is -0.901. The van der Waals surface area contributed by atoms with Crippen LogP contribution in [-0.2, 0) is 17.9 Å². The topological polar surface area (TPSA) is 59.4 Å². The second kappa shape index (κ2) is 10.2. The van der Waals surface area contributed by atoms with Crippen LogP contribution in [0.15, 0.2) is 48.5 Å². The fourth-order valence-corrected chi connectivity index (χ4v) is 3.73. The molecular weight excluding hydrogens is 350 g/mol. The number of nitrogens with two attached hydrogens (primary N) is 1. The van der Waals surface area contributed by atoms with Gasteiger partial charge >= 0.3 is 0 Å². The lowest BCUT2D eigenvalue weighted by atomic mass is 10.1. The molecule has 1 saturated heterocycles. The molecule has 2 aromatic carbocycles. The quantitative estimate of drug-likeness (QED) is 0.612. The molecule has 5 nitrogen and oxygen atoms in total. The van der Waals surface area contributed by atoms with Crippen molar-refractivity contribution >= 4 is 11.6 Å². The summed E-state index contributed by atoms with van der Waals surface area (Å²) in [4.78, 5) is 13.9. The number of nitrogens with one attached hydrogen (secondary N) is 2. The number of ether oxygens (including phenoxy) is 1. The molecule has 0 spiro atoms. The van der Waals surface area contributed by atoms with Crippen molar-refractivity contribution in [2.24, 2.45) is 0 Å². The van der Waals surface area contributed by atoms with Gasteiger partial charge in [-0.25, -0.2) is 0 Å². The summed E-state index contributed by atoms with van der Waals surface area (Å²) >= 11 is 0. The molecule has 1 atom stereocenters. The van der Waals surface area contributed by atoms with Crippen molar-refractivity contribution < 1.29 is 19.7 Å². The van der Waals surface area contributed by atoms with E-state index >= 15 is 0 Å². The van der Waals surface area contributed by atoms with Gasteiger partial charge in [-0.3, -0.25) is 4.79 Å². The van der Waals surface area contributed by atoms with Gasteiger partial charge in [0.1, 0.15) is 18.8 Å². The van der Waals surface area contributed by atoms with Crippen LogP contribution < -0.4 is 20.3 Å². The van der Waals surface area contributed by atoms with Crippen molar-refractivity contribution in [2.45, 2.75) is 45.3 Å². The third kappa shape index (κ3) is 6.36. The smallest absolute Gasteiger partial charge is 0.230 e. The zero-order chi connectivity index (χ0) is 19.8. The van der Waals surface area contributed by atoms with E-state index in [9.17, 15) is 4.79 Å². The Bertz CT molecular complexity index is 737. The van der Waals surface area contributed by atoms with Gasteiger partial charge in [0, 0.05) is 29.7 Å². The number of carbonyl (C=O) groups is 1. The van der Waals surface area contributed by atoms with Gasteiger partial charge in [-0.05, 0) is 31.2 Å². The molecule has 4 N–H and O–H groups in total. The van der Waals surface area contributed by atoms with Crippen LogP contribution in [0, 0.1) is 0 Å². The molecule has 0 radical (unpaired) electrons. The minimum Gasteiger partial charge on any atom is -0.497 e. The molecule has 5 heteroatoms. The van der Waals surface area contributed by atoms with Crippen molar-refractivity contribution in [3.8, 4) is 5.75 Å². The molecule has 0 aliphatic carbocycles. The molecular formula is C23H33N3O2+2. The molecule has 150 valence electrons. The number of quaternary nitrogens is 2. The van der Waals surface area contributed by atoms with E-state index in [1.165, 1.54) is 37.1 Å². The molecule has 3 rings (SSSR count). The Morgan fingerprint density at radius 1 is 1.07 bits per heavy atom. The monoisotopic (exact) mass is 383 g/mol. The standard InChI is InChI=1S/C23H31N3O2/c1-18(15-23(27)25-21-9-11-22(28-2)12-10-21)24-16-19-5-7-20(8-6-19)17-26-13-3-4-14-26/h5-12,18,24H,3-4,13-17H2,1-2H3,(H,25,27)/p+2/t18-/m1/s1. The normalized spacial score (nSPS) is 15.4. The van der Waals surface area contributed by atoms with E-state index in [1.54, 1.807) is 12.0 Å². The van der Waals surface area contributed by atoms with Crippen molar-refractivity contribution in [1.29, 1.82) is 0 Å². The average Bonchev–Trinajstić information content (AvgIpc) is 3.21. The molecule has 1 fully saturated rings. The zero-order valence-electron chi connectivity index (χ0n) is 17.0. The Labute approximate surface area is 168 Å². The number of anilines is 1. The predicted molar refractivity (Wildman–Crippen MR) is 111 cm³/mol. The van der Waals surface area contributed by atoms with Crippen LogP contribution in [-0.4, -0.2) is 32.1 Å². The first-order chi connectivity index (χ1) is 13.6. The van der Waals surface area contributed by atoms with Crippen LogP contribution in [0.2, 0.25) is 0 Å². The zero-order valence-corrected chi connectivity index (χ0v) is 17.0. The molecule has 0 bridgehead atoms. The Kier molecular flexibility index (Phi) is 7.46. The van der Waals surface area contributed by atoms with E-state index in [0.29, 0.717) is 6.42 Å². The molecule has 1 aliphatic heterocycles. The van der Waals surface area contributed by atoms with Crippen molar-refractivity contribution in [1.82, 2.24) is 0 Å². The Hall–Kier alpha value is -2.37. The molecule has 1 amide bonds. The van der Waals surface area contributed by atoms with E-state index in [-0.39, 0.29) is 11.9 Å². The van der Waals surface area contributed by atoms with Crippen LogP contribution in [0.5, 0.6) is 5.75 Å². The number of hydrogen-bond acceptors (Lipinski definition) is 2. The molecule has 0 aromatic heterocycles. The Morgan fingerprint density at radius 3 is 2.36 bits per heavy atom. The largest absolute Gasteiger partial charge is 0.497 e. The average molecular weight is 384 g/mol. The highest BCUT2D eigenvalue weighted by Crippen LogP contribution is 2.15. The maximum Gasteiger partial charge on any atom is 0.230 e. The summed E-state index contributed by atoms with van der Waals surface area (Å²) in [6.45, 7) is 6.76. The summed E-state index contributed by atoms with van der Waals surface area (Å²) < 4.78 is 5.13. The summed E-state index contributed by atoms with van der Waals surface area (Å²) in [5.41, 5.74) is 3.53. The molecule has 0 saturated carbocycles. The highest BCUT2D eigenvalue weighted by atomic mass is 16.5. The summed E-state index contributed by atoms with van der Waals surface area (Å²) in [5.74, 6) is 0.824. The highest BCUT2D eigenvalue weighted by Gasteiger charge is 2.16. The third-order valence-corrected chi connectivity index (χ3v) is 5.42. The summed E-state index contributed by atoms with van der Waals surface area (Å²) in [7, 11) is 1.63. The fraction of sp³-hybridized carbons (Fsp3) is 0.435. The van der Waals surface area contributed by atoms with E-state index in [0.717, 1.165) is 24.5 Å². The van der Waals surface area contributed by atoms with Crippen molar-refractivity contribution in [2.75, 3.05) is 25.5 Å². The van der Waals surface area contributed by atoms with Crippen LogP contribution in [0.25, 0.3) is 0 Å². The van der Waals surface area contributed by atoms with Gasteiger partial charge in [0.25, 0.3) is 0 Å². The van der Waals surface area contributed by atoms with E-state index in [4.69, 9.17) is 4.74 Å². The Morgan fingerprint density at radius 2 is 1.71 bits per heavy atom. The lowest BCUT2D eigenvalue weighted by Gasteiger charge is -2.13. The fourth-order valence-electron chi connectivity index (χ4n) is 3.73. The van der Waals surface area contributed by atoms with Crippen LogP contribution in [0.1, 0.15) is 37.3 Å². The van der Waals surface area contributed by atoms with Gasteiger partial charge in [-0.15, -0.1) is 0 Å². The first kappa shape index (κ1) is 20.4. The number of hydrogen-bond donors (Lipinski definition) is 3. The first-order valence-corrected chi connectivity index (χ1v) is 10.3. The first-order valence-electron chi connectivity index (χ1n) is 10.3. The molecule has 1 heterocycles. The van der Waals surface area contributed by atoms with Gasteiger partial charge < -0.3 is 20.3 Å². The van der Waals surface area contributed by atoms with E-state index < -0.39 is 0 Å². The number of likely N-dealkylation sites (tertiary alicyclic amines) is 1. The number of methoxy groups -OCH3 is 1. The van der Waals surface area contributed by atoms with Gasteiger partial charge in [-0.1, -0.05) is 24.3 Å². The maximum atomic E-state index is 12.2. The van der Waals surface area contributed by atoms with Crippen molar-refractivity contribution in [3.63, 3.8) is 0 Å². The maximum absolute atomic E-state index is 12.2. The SMILES string of the molecule is COc1ccc(NC(=O)C[C@@H](C)[NH2+]Cc2ccc(C[NH+]3CCCC3)cc2)cc1. The number of benzene rings is 2. The second-order valence-electron chi connectivity index (χ2n) is 7.85.